The van der Waals surface area contributed by atoms with Gasteiger partial charge in [0, 0.05) is 31.1 Å². The predicted octanol–water partition coefficient (Wildman–Crippen LogP) is 7.83. The largest absolute Gasteiger partial charge is 0.489 e. The average Bonchev–Trinajstić information content (AvgIpc) is 3.00. The summed E-state index contributed by atoms with van der Waals surface area (Å²) in [6.07, 6.45) is 4.51. The fraction of sp³-hybridized carbons (Fsp3) is 0.222. The minimum atomic E-state index is 0.00246. The van der Waals surface area contributed by atoms with E-state index in [0.29, 0.717) is 19.8 Å². The first-order chi connectivity index (χ1) is 20.1. The molecular formula is C36H36N2O3. The molecule has 5 heteroatoms. The molecule has 41 heavy (non-hydrogen) atoms. The third kappa shape index (κ3) is 7.31. The molecule has 1 aromatic heterocycles. The molecule has 0 atom stereocenters. The standard InChI is InChI=1S/C36H36N2O3/c1-26-31(15-10-17-33(26)28-11-4-3-5-12-28)24-40-32-19-18-30(14-8-9-21-37-27(2)39)36(23-32)41-25-35-34-16-7-6-13-29(34)20-22-38-35/h3-7,10-13,15-20,22-23H,8-9,14,21,24-25H2,1-2H3,(H,37,39). The van der Waals surface area contributed by atoms with Gasteiger partial charge in [-0.2, -0.15) is 0 Å². The van der Waals surface area contributed by atoms with Crippen LogP contribution in [0.1, 0.15) is 42.1 Å². The van der Waals surface area contributed by atoms with E-state index in [1.165, 1.54) is 16.7 Å². The second-order valence-corrected chi connectivity index (χ2v) is 10.2. The predicted molar refractivity (Wildman–Crippen MR) is 165 cm³/mol. The van der Waals surface area contributed by atoms with E-state index in [9.17, 15) is 4.79 Å². The van der Waals surface area contributed by atoms with Gasteiger partial charge in [-0.15, -0.1) is 0 Å². The number of aromatic nitrogens is 1. The number of carbonyl (C=O) groups is 1. The number of ether oxygens (including phenoxy) is 2. The monoisotopic (exact) mass is 544 g/mol. The molecule has 0 radical (unpaired) electrons. The van der Waals surface area contributed by atoms with E-state index >= 15 is 0 Å². The molecule has 0 spiro atoms. The van der Waals surface area contributed by atoms with Crippen LogP contribution in [0.2, 0.25) is 0 Å². The maximum absolute atomic E-state index is 11.2. The quantitative estimate of drug-likeness (QED) is 0.163. The SMILES string of the molecule is CC(=O)NCCCCc1ccc(OCc2cccc(-c3ccccc3)c2C)cc1OCc1nccc2ccccc12. The van der Waals surface area contributed by atoms with Crippen LogP contribution in [-0.2, 0) is 24.4 Å². The number of hydrogen-bond acceptors (Lipinski definition) is 4. The van der Waals surface area contributed by atoms with Crippen molar-refractivity contribution in [2.75, 3.05) is 6.54 Å². The second-order valence-electron chi connectivity index (χ2n) is 10.2. The molecule has 0 saturated carbocycles. The number of nitrogens with zero attached hydrogens (tertiary/aromatic N) is 1. The Balaban J connectivity index is 1.33. The number of nitrogens with one attached hydrogen (secondary N) is 1. The van der Waals surface area contributed by atoms with Crippen LogP contribution in [-0.4, -0.2) is 17.4 Å². The Kier molecular flexibility index (Phi) is 9.27. The second kappa shape index (κ2) is 13.6. The lowest BCUT2D eigenvalue weighted by Gasteiger charge is -2.16. The van der Waals surface area contributed by atoms with Crippen LogP contribution >= 0.6 is 0 Å². The van der Waals surface area contributed by atoms with Crippen molar-refractivity contribution in [3.8, 4) is 22.6 Å². The number of benzene rings is 4. The van der Waals surface area contributed by atoms with Crippen molar-refractivity contribution in [3.63, 3.8) is 0 Å². The number of carbonyl (C=O) groups excluding carboxylic acids is 1. The van der Waals surface area contributed by atoms with Crippen molar-refractivity contribution >= 4 is 16.7 Å². The van der Waals surface area contributed by atoms with Crippen molar-refractivity contribution in [2.24, 2.45) is 0 Å². The third-order valence-corrected chi connectivity index (χ3v) is 7.33. The maximum Gasteiger partial charge on any atom is 0.216 e. The van der Waals surface area contributed by atoms with Crippen LogP contribution in [0.4, 0.5) is 0 Å². The highest BCUT2D eigenvalue weighted by Crippen LogP contribution is 2.30. The molecule has 4 aromatic carbocycles. The van der Waals surface area contributed by atoms with Crippen LogP contribution in [0.25, 0.3) is 21.9 Å². The molecule has 208 valence electrons. The van der Waals surface area contributed by atoms with Crippen molar-refractivity contribution in [1.29, 1.82) is 0 Å². The Hall–Kier alpha value is -4.64. The Morgan fingerprint density at radius 1 is 0.805 bits per heavy atom. The minimum absolute atomic E-state index is 0.00246. The zero-order chi connectivity index (χ0) is 28.4. The van der Waals surface area contributed by atoms with Crippen LogP contribution < -0.4 is 14.8 Å². The first-order valence-electron chi connectivity index (χ1n) is 14.2. The zero-order valence-corrected chi connectivity index (χ0v) is 23.7. The molecule has 1 amide bonds. The Bertz CT molecular complexity index is 1610. The molecule has 1 heterocycles. The van der Waals surface area contributed by atoms with Crippen LogP contribution in [0.5, 0.6) is 11.5 Å². The number of amides is 1. The van der Waals surface area contributed by atoms with E-state index < -0.39 is 0 Å². The van der Waals surface area contributed by atoms with Crippen molar-refractivity contribution < 1.29 is 14.3 Å². The highest BCUT2D eigenvalue weighted by atomic mass is 16.5. The molecule has 0 aliphatic rings. The summed E-state index contributed by atoms with van der Waals surface area (Å²) in [7, 11) is 0. The molecule has 5 nitrogen and oxygen atoms in total. The first kappa shape index (κ1) is 27.9. The van der Waals surface area contributed by atoms with E-state index in [4.69, 9.17) is 9.47 Å². The molecule has 0 fully saturated rings. The topological polar surface area (TPSA) is 60.5 Å². The average molecular weight is 545 g/mol. The molecule has 0 unspecified atom stereocenters. The molecule has 0 bridgehead atoms. The Morgan fingerprint density at radius 3 is 2.49 bits per heavy atom. The molecule has 5 rings (SSSR count). The molecular weight excluding hydrogens is 508 g/mol. The lowest BCUT2D eigenvalue weighted by molar-refractivity contribution is -0.118. The summed E-state index contributed by atoms with van der Waals surface area (Å²) in [5.74, 6) is 1.56. The molecule has 5 aromatic rings. The number of aryl methyl sites for hydroxylation is 1. The van der Waals surface area contributed by atoms with Gasteiger partial charge in [-0.1, -0.05) is 78.9 Å². The molecule has 0 saturated heterocycles. The van der Waals surface area contributed by atoms with Gasteiger partial charge in [0.2, 0.25) is 5.91 Å². The lowest BCUT2D eigenvalue weighted by Crippen LogP contribution is -2.20. The first-order valence-corrected chi connectivity index (χ1v) is 14.2. The van der Waals surface area contributed by atoms with Crippen molar-refractivity contribution in [3.05, 3.63) is 126 Å². The number of pyridine rings is 1. The van der Waals surface area contributed by atoms with Gasteiger partial charge in [0.1, 0.15) is 24.7 Å². The van der Waals surface area contributed by atoms with E-state index in [1.807, 2.05) is 42.6 Å². The van der Waals surface area contributed by atoms with Gasteiger partial charge in [0.05, 0.1) is 5.69 Å². The number of unbranched alkanes of at least 4 members (excludes halogenated alkanes) is 1. The lowest BCUT2D eigenvalue weighted by atomic mass is 9.97. The zero-order valence-electron chi connectivity index (χ0n) is 23.7. The van der Waals surface area contributed by atoms with Crippen molar-refractivity contribution in [2.45, 2.75) is 46.3 Å². The summed E-state index contributed by atoms with van der Waals surface area (Å²) in [6.45, 7) is 5.20. The highest BCUT2D eigenvalue weighted by Gasteiger charge is 2.11. The fourth-order valence-corrected chi connectivity index (χ4v) is 5.05. The van der Waals surface area contributed by atoms with Crippen LogP contribution in [0, 0.1) is 6.92 Å². The summed E-state index contributed by atoms with van der Waals surface area (Å²) in [5, 5.41) is 5.11. The minimum Gasteiger partial charge on any atom is -0.489 e. The van der Waals surface area contributed by atoms with Crippen LogP contribution in [0.3, 0.4) is 0 Å². The van der Waals surface area contributed by atoms with Gasteiger partial charge in [-0.25, -0.2) is 0 Å². The van der Waals surface area contributed by atoms with Crippen LogP contribution in [0.15, 0.2) is 103 Å². The summed E-state index contributed by atoms with van der Waals surface area (Å²) in [6, 6.07) is 33.1. The number of hydrogen-bond donors (Lipinski definition) is 1. The van der Waals surface area contributed by atoms with Gasteiger partial charge in [-0.3, -0.25) is 9.78 Å². The number of fused-ring (bicyclic) bond motifs is 1. The van der Waals surface area contributed by atoms with Crippen molar-refractivity contribution in [1.82, 2.24) is 10.3 Å². The normalized spacial score (nSPS) is 10.9. The maximum atomic E-state index is 11.2. The van der Waals surface area contributed by atoms with E-state index in [1.54, 1.807) is 6.92 Å². The van der Waals surface area contributed by atoms with Gasteiger partial charge in [0.25, 0.3) is 0 Å². The van der Waals surface area contributed by atoms with Gasteiger partial charge >= 0.3 is 0 Å². The summed E-state index contributed by atoms with van der Waals surface area (Å²) < 4.78 is 12.7. The molecule has 0 aliphatic carbocycles. The smallest absolute Gasteiger partial charge is 0.216 e. The highest BCUT2D eigenvalue weighted by molar-refractivity contribution is 5.84. The summed E-state index contributed by atoms with van der Waals surface area (Å²) in [4.78, 5) is 15.8. The van der Waals surface area contributed by atoms with E-state index in [-0.39, 0.29) is 5.91 Å². The number of rotatable bonds is 12. The Labute approximate surface area is 242 Å². The van der Waals surface area contributed by atoms with E-state index in [2.05, 4.69) is 77.9 Å². The third-order valence-electron chi connectivity index (χ3n) is 7.33. The van der Waals surface area contributed by atoms with Gasteiger partial charge in [0.15, 0.2) is 0 Å². The molecule has 0 aliphatic heterocycles. The summed E-state index contributed by atoms with van der Waals surface area (Å²) >= 11 is 0. The van der Waals surface area contributed by atoms with Gasteiger partial charge in [-0.05, 0) is 71.5 Å². The summed E-state index contributed by atoms with van der Waals surface area (Å²) in [5.41, 5.74) is 6.80. The molecule has 1 N–H and O–H groups in total. The van der Waals surface area contributed by atoms with Gasteiger partial charge < -0.3 is 14.8 Å². The fourth-order valence-electron chi connectivity index (χ4n) is 5.05. The van der Waals surface area contributed by atoms with E-state index in [0.717, 1.165) is 58.4 Å². The Morgan fingerprint density at radius 2 is 1.63 bits per heavy atom.